The summed E-state index contributed by atoms with van der Waals surface area (Å²) in [6, 6.07) is 4.64. The molecule has 0 bridgehead atoms. The van der Waals surface area contributed by atoms with Gasteiger partial charge in [-0.05, 0) is 30.9 Å². The second-order valence-electron chi connectivity index (χ2n) is 6.23. The molecular weight excluding hydrogens is 323 g/mol. The quantitative estimate of drug-likeness (QED) is 0.892. The zero-order valence-electron chi connectivity index (χ0n) is 13.3. The fraction of sp³-hybridized carbons (Fsp3) is 0.529. The lowest BCUT2D eigenvalue weighted by Gasteiger charge is -2.26. The molecule has 1 aliphatic rings. The molecule has 2 atom stereocenters. The summed E-state index contributed by atoms with van der Waals surface area (Å²) in [5.74, 6) is -1.65. The zero-order valence-corrected chi connectivity index (χ0v) is 13.3. The molecule has 2 unspecified atom stereocenters. The molecule has 1 aliphatic heterocycles. The third-order valence-electron chi connectivity index (χ3n) is 4.29. The first-order valence-corrected chi connectivity index (χ1v) is 7.87. The van der Waals surface area contributed by atoms with Crippen LogP contribution < -0.4 is 0 Å². The number of halogens is 3. The van der Waals surface area contributed by atoms with E-state index >= 15 is 0 Å². The third-order valence-corrected chi connectivity index (χ3v) is 4.29. The van der Waals surface area contributed by atoms with E-state index in [-0.39, 0.29) is 24.8 Å². The van der Waals surface area contributed by atoms with E-state index in [1.54, 1.807) is 17.9 Å². The SMILES string of the molecule is CC(Cc1cccc(C(F)(F)F)c1)C(=O)N1CCCC1CC(=O)O. The minimum absolute atomic E-state index is 0.0952. The number of hydrogen-bond acceptors (Lipinski definition) is 2. The Labute approximate surface area is 138 Å². The van der Waals surface area contributed by atoms with Crippen molar-refractivity contribution in [1.29, 1.82) is 0 Å². The van der Waals surface area contributed by atoms with Crippen LogP contribution in [0.1, 0.15) is 37.3 Å². The number of aliphatic carboxylic acids is 1. The Morgan fingerprint density at radius 2 is 2.08 bits per heavy atom. The zero-order chi connectivity index (χ0) is 17.9. The van der Waals surface area contributed by atoms with Crippen LogP contribution in [0.25, 0.3) is 0 Å². The van der Waals surface area contributed by atoms with E-state index in [9.17, 15) is 22.8 Å². The molecule has 2 rings (SSSR count). The summed E-state index contributed by atoms with van der Waals surface area (Å²) in [4.78, 5) is 25.0. The minimum Gasteiger partial charge on any atom is -0.481 e. The van der Waals surface area contributed by atoms with Crippen LogP contribution in [0.3, 0.4) is 0 Å². The van der Waals surface area contributed by atoms with Crippen molar-refractivity contribution in [2.45, 2.75) is 44.8 Å². The highest BCUT2D eigenvalue weighted by atomic mass is 19.4. The molecule has 0 aromatic heterocycles. The van der Waals surface area contributed by atoms with Gasteiger partial charge in [0, 0.05) is 18.5 Å². The standard InChI is InChI=1S/C17H20F3NO3/c1-11(8-12-4-2-5-13(9-12)17(18,19)20)16(24)21-7-3-6-14(21)10-15(22)23/h2,4-5,9,11,14H,3,6-8,10H2,1H3,(H,22,23). The summed E-state index contributed by atoms with van der Waals surface area (Å²) in [5.41, 5.74) is -0.288. The number of hydrogen-bond donors (Lipinski definition) is 1. The van der Waals surface area contributed by atoms with Gasteiger partial charge in [-0.15, -0.1) is 0 Å². The highest BCUT2D eigenvalue weighted by Crippen LogP contribution is 2.30. The lowest BCUT2D eigenvalue weighted by molar-refractivity contribution is -0.141. The average molecular weight is 343 g/mol. The molecule has 1 saturated heterocycles. The van der Waals surface area contributed by atoms with Crippen LogP contribution in [0.4, 0.5) is 13.2 Å². The van der Waals surface area contributed by atoms with Crippen LogP contribution in [0, 0.1) is 5.92 Å². The normalized spacial score (nSPS) is 19.3. The summed E-state index contributed by atoms with van der Waals surface area (Å²) in [7, 11) is 0. The van der Waals surface area contributed by atoms with Crippen molar-refractivity contribution >= 4 is 11.9 Å². The summed E-state index contributed by atoms with van der Waals surface area (Å²) in [6.45, 7) is 2.17. The molecule has 0 radical (unpaired) electrons. The van der Waals surface area contributed by atoms with E-state index in [0.717, 1.165) is 18.6 Å². The Kier molecular flexibility index (Phi) is 5.51. The third kappa shape index (κ3) is 4.49. The van der Waals surface area contributed by atoms with E-state index in [1.165, 1.54) is 6.07 Å². The maximum atomic E-state index is 12.8. The number of carboxylic acids is 1. The maximum absolute atomic E-state index is 12.8. The summed E-state index contributed by atoms with van der Waals surface area (Å²) in [5, 5.41) is 8.91. The monoisotopic (exact) mass is 343 g/mol. The van der Waals surface area contributed by atoms with Crippen molar-refractivity contribution in [3.63, 3.8) is 0 Å². The molecule has 24 heavy (non-hydrogen) atoms. The van der Waals surface area contributed by atoms with Crippen LogP contribution in [-0.4, -0.2) is 34.5 Å². The molecule has 1 aromatic rings. The van der Waals surface area contributed by atoms with Gasteiger partial charge in [0.2, 0.25) is 5.91 Å². The van der Waals surface area contributed by atoms with E-state index in [1.807, 2.05) is 0 Å². The van der Waals surface area contributed by atoms with E-state index in [2.05, 4.69) is 0 Å². The van der Waals surface area contributed by atoms with E-state index in [0.29, 0.717) is 18.5 Å². The molecule has 1 heterocycles. The van der Waals surface area contributed by atoms with E-state index < -0.39 is 23.6 Å². The summed E-state index contributed by atoms with van der Waals surface area (Å²) in [6.07, 6.45) is -2.92. The van der Waals surface area contributed by atoms with Gasteiger partial charge in [0.1, 0.15) is 0 Å². The number of carbonyl (C=O) groups is 2. The topological polar surface area (TPSA) is 57.6 Å². The van der Waals surface area contributed by atoms with Crippen molar-refractivity contribution in [1.82, 2.24) is 4.90 Å². The summed E-state index contributed by atoms with van der Waals surface area (Å²) >= 11 is 0. The van der Waals surface area contributed by atoms with Gasteiger partial charge in [-0.3, -0.25) is 9.59 Å². The fourth-order valence-electron chi connectivity index (χ4n) is 3.14. The smallest absolute Gasteiger partial charge is 0.416 e. The molecule has 0 spiro atoms. The molecule has 1 amide bonds. The van der Waals surface area contributed by atoms with Gasteiger partial charge in [-0.25, -0.2) is 0 Å². The van der Waals surface area contributed by atoms with Crippen molar-refractivity contribution in [3.05, 3.63) is 35.4 Å². The van der Waals surface area contributed by atoms with Gasteiger partial charge in [0.25, 0.3) is 0 Å². The lowest BCUT2D eigenvalue weighted by atomic mass is 9.97. The van der Waals surface area contributed by atoms with Crippen molar-refractivity contribution < 1.29 is 27.9 Å². The second kappa shape index (κ2) is 7.23. The summed E-state index contributed by atoms with van der Waals surface area (Å²) < 4.78 is 38.3. The minimum atomic E-state index is -4.41. The molecule has 0 aliphatic carbocycles. The van der Waals surface area contributed by atoms with Gasteiger partial charge in [0.15, 0.2) is 0 Å². The predicted octanol–water partition coefficient (Wildman–Crippen LogP) is 3.35. The Morgan fingerprint density at radius 1 is 1.38 bits per heavy atom. The number of carbonyl (C=O) groups excluding carboxylic acids is 1. The Morgan fingerprint density at radius 3 is 2.71 bits per heavy atom. The number of amides is 1. The second-order valence-corrected chi connectivity index (χ2v) is 6.23. The Bertz CT molecular complexity index is 615. The number of carboxylic acid groups (broad SMARTS) is 1. The van der Waals surface area contributed by atoms with Crippen LogP contribution in [0.2, 0.25) is 0 Å². The molecule has 0 saturated carbocycles. The molecular formula is C17H20F3NO3. The highest BCUT2D eigenvalue weighted by Gasteiger charge is 2.33. The molecule has 1 aromatic carbocycles. The first kappa shape index (κ1) is 18.3. The Balaban J connectivity index is 2.05. The van der Waals surface area contributed by atoms with Gasteiger partial charge < -0.3 is 10.0 Å². The Hall–Kier alpha value is -2.05. The number of alkyl halides is 3. The van der Waals surface area contributed by atoms with E-state index in [4.69, 9.17) is 5.11 Å². The molecule has 7 heteroatoms. The average Bonchev–Trinajstić information content (AvgIpc) is 2.93. The van der Waals surface area contributed by atoms with Gasteiger partial charge in [-0.2, -0.15) is 13.2 Å². The maximum Gasteiger partial charge on any atom is 0.416 e. The first-order chi connectivity index (χ1) is 11.2. The van der Waals surface area contributed by atoms with Gasteiger partial charge in [0.05, 0.1) is 12.0 Å². The molecule has 1 N–H and O–H groups in total. The van der Waals surface area contributed by atoms with Crippen molar-refractivity contribution in [3.8, 4) is 0 Å². The van der Waals surface area contributed by atoms with Crippen molar-refractivity contribution in [2.75, 3.05) is 6.54 Å². The number of benzene rings is 1. The number of nitrogens with zero attached hydrogens (tertiary/aromatic N) is 1. The molecule has 1 fully saturated rings. The van der Waals surface area contributed by atoms with Gasteiger partial charge in [-0.1, -0.05) is 25.1 Å². The van der Waals surface area contributed by atoms with Crippen LogP contribution in [0.5, 0.6) is 0 Å². The van der Waals surface area contributed by atoms with Crippen LogP contribution >= 0.6 is 0 Å². The molecule has 4 nitrogen and oxygen atoms in total. The highest BCUT2D eigenvalue weighted by molar-refractivity contribution is 5.80. The van der Waals surface area contributed by atoms with Crippen molar-refractivity contribution in [2.24, 2.45) is 5.92 Å². The fourth-order valence-corrected chi connectivity index (χ4v) is 3.14. The number of rotatable bonds is 5. The van der Waals surface area contributed by atoms with Crippen LogP contribution in [-0.2, 0) is 22.2 Å². The largest absolute Gasteiger partial charge is 0.481 e. The predicted molar refractivity (Wildman–Crippen MR) is 81.3 cm³/mol. The number of likely N-dealkylation sites (tertiary alicyclic amines) is 1. The first-order valence-electron chi connectivity index (χ1n) is 7.87. The lowest BCUT2D eigenvalue weighted by Crippen LogP contribution is -2.40. The molecule has 132 valence electrons. The van der Waals surface area contributed by atoms with Crippen LogP contribution in [0.15, 0.2) is 24.3 Å². The van der Waals surface area contributed by atoms with Gasteiger partial charge >= 0.3 is 12.1 Å².